The zero-order valence-corrected chi connectivity index (χ0v) is 13.5. The number of rotatable bonds is 4. The van der Waals surface area contributed by atoms with Crippen molar-refractivity contribution < 1.29 is 0 Å². The van der Waals surface area contributed by atoms with Crippen LogP contribution in [0.1, 0.15) is 58.3 Å². The molecule has 0 amide bonds. The van der Waals surface area contributed by atoms with E-state index in [2.05, 4.69) is 23.8 Å². The van der Waals surface area contributed by atoms with Gasteiger partial charge in [-0.15, -0.1) is 0 Å². The van der Waals surface area contributed by atoms with Crippen LogP contribution in [0.2, 0.25) is 0 Å². The quantitative estimate of drug-likeness (QED) is 0.858. The van der Waals surface area contributed by atoms with Gasteiger partial charge in [-0.3, -0.25) is 9.80 Å². The molecule has 0 spiro atoms. The maximum Gasteiger partial charge on any atom is 0.0498 e. The Bertz CT molecular complexity index is 324. The molecule has 3 heteroatoms. The lowest BCUT2D eigenvalue weighted by Gasteiger charge is -2.48. The van der Waals surface area contributed by atoms with Crippen LogP contribution < -0.4 is 5.73 Å². The fraction of sp³-hybridized carbons (Fsp3) is 1.00. The van der Waals surface area contributed by atoms with E-state index in [0.29, 0.717) is 0 Å². The van der Waals surface area contributed by atoms with Crippen LogP contribution in [0.15, 0.2) is 0 Å². The van der Waals surface area contributed by atoms with Crippen LogP contribution in [0, 0.1) is 5.92 Å². The third-order valence-electron chi connectivity index (χ3n) is 6.81. The van der Waals surface area contributed by atoms with E-state index in [1.54, 1.807) is 0 Å². The average Bonchev–Trinajstić information content (AvgIpc) is 3.09. The van der Waals surface area contributed by atoms with Gasteiger partial charge in [-0.05, 0) is 64.5 Å². The third-order valence-corrected chi connectivity index (χ3v) is 6.81. The largest absolute Gasteiger partial charge is 0.329 e. The predicted octanol–water partition coefficient (Wildman–Crippen LogP) is 2.45. The van der Waals surface area contributed by atoms with Crippen molar-refractivity contribution in [2.24, 2.45) is 11.7 Å². The van der Waals surface area contributed by atoms with Gasteiger partial charge in [0.25, 0.3) is 0 Å². The molecule has 3 rings (SSSR count). The standard InChI is InChI=1S/C17H33N3/c1-3-14-6-8-15(9-7-14)19(2)17(13-18)10-12-20-11-4-5-16(17)20/h14-16H,3-13,18H2,1-2H3. The monoisotopic (exact) mass is 279 g/mol. The molecule has 0 aromatic heterocycles. The van der Waals surface area contributed by atoms with Crippen LogP contribution in [0.25, 0.3) is 0 Å². The summed E-state index contributed by atoms with van der Waals surface area (Å²) in [6.07, 6.45) is 11.1. The number of hydrogen-bond donors (Lipinski definition) is 1. The second-order valence-electron chi connectivity index (χ2n) is 7.45. The van der Waals surface area contributed by atoms with Crippen molar-refractivity contribution in [3.63, 3.8) is 0 Å². The van der Waals surface area contributed by atoms with E-state index in [1.807, 2.05) is 0 Å². The number of likely N-dealkylation sites (N-methyl/N-ethyl adjacent to an activating group) is 1. The zero-order chi connectivity index (χ0) is 14.2. The highest BCUT2D eigenvalue weighted by Gasteiger charge is 2.52. The van der Waals surface area contributed by atoms with E-state index in [4.69, 9.17) is 5.73 Å². The summed E-state index contributed by atoms with van der Waals surface area (Å²) < 4.78 is 0. The lowest BCUT2D eigenvalue weighted by molar-refractivity contribution is 0.0289. The van der Waals surface area contributed by atoms with Crippen LogP contribution in [-0.2, 0) is 0 Å². The van der Waals surface area contributed by atoms with Crippen molar-refractivity contribution in [2.45, 2.75) is 75.9 Å². The van der Waals surface area contributed by atoms with Gasteiger partial charge in [-0.25, -0.2) is 0 Å². The lowest BCUT2D eigenvalue weighted by Crippen LogP contribution is -2.61. The number of hydrogen-bond acceptors (Lipinski definition) is 3. The van der Waals surface area contributed by atoms with Crippen molar-refractivity contribution in [1.82, 2.24) is 9.80 Å². The van der Waals surface area contributed by atoms with Gasteiger partial charge in [-0.1, -0.05) is 13.3 Å². The smallest absolute Gasteiger partial charge is 0.0498 e. The van der Waals surface area contributed by atoms with Gasteiger partial charge in [-0.2, -0.15) is 0 Å². The number of nitrogens with two attached hydrogens (primary N) is 1. The highest BCUT2D eigenvalue weighted by Crippen LogP contribution is 2.42. The molecule has 1 saturated carbocycles. The Morgan fingerprint density at radius 2 is 1.90 bits per heavy atom. The Balaban J connectivity index is 1.70. The molecule has 3 nitrogen and oxygen atoms in total. The minimum Gasteiger partial charge on any atom is -0.329 e. The van der Waals surface area contributed by atoms with E-state index < -0.39 is 0 Å². The molecule has 3 fully saturated rings. The topological polar surface area (TPSA) is 32.5 Å². The first-order valence-electron chi connectivity index (χ1n) is 8.88. The summed E-state index contributed by atoms with van der Waals surface area (Å²) in [5.41, 5.74) is 6.60. The molecule has 2 heterocycles. The molecule has 2 N–H and O–H groups in total. The SMILES string of the molecule is CCC1CCC(N(C)C2(CN)CCN3CCCC32)CC1. The second kappa shape index (κ2) is 5.94. The van der Waals surface area contributed by atoms with Crippen LogP contribution in [0.3, 0.4) is 0 Å². The minimum absolute atomic E-state index is 0.278. The molecule has 1 aliphatic carbocycles. The zero-order valence-electron chi connectivity index (χ0n) is 13.5. The Labute approximate surface area is 124 Å². The predicted molar refractivity (Wildman–Crippen MR) is 84.8 cm³/mol. The molecule has 116 valence electrons. The maximum atomic E-state index is 6.32. The van der Waals surface area contributed by atoms with Gasteiger partial charge in [0.2, 0.25) is 0 Å². The molecule has 0 aromatic rings. The summed E-state index contributed by atoms with van der Waals surface area (Å²) in [7, 11) is 2.38. The normalized spacial score (nSPS) is 42.3. The Morgan fingerprint density at radius 3 is 2.55 bits per heavy atom. The molecule has 0 aromatic carbocycles. The van der Waals surface area contributed by atoms with Crippen molar-refractivity contribution in [2.75, 3.05) is 26.7 Å². The maximum absolute atomic E-state index is 6.32. The summed E-state index contributed by atoms with van der Waals surface area (Å²) in [6, 6.07) is 1.52. The molecular weight excluding hydrogens is 246 g/mol. The first-order valence-corrected chi connectivity index (χ1v) is 8.88. The first kappa shape index (κ1) is 14.8. The van der Waals surface area contributed by atoms with Gasteiger partial charge in [0.1, 0.15) is 0 Å². The Morgan fingerprint density at radius 1 is 1.15 bits per heavy atom. The average molecular weight is 279 g/mol. The summed E-state index contributed by atoms with van der Waals surface area (Å²) in [6.45, 7) is 5.78. The number of fused-ring (bicyclic) bond motifs is 1. The molecule has 2 unspecified atom stereocenters. The van der Waals surface area contributed by atoms with Gasteiger partial charge in [0, 0.05) is 30.7 Å². The molecule has 3 aliphatic rings. The Hall–Kier alpha value is -0.120. The van der Waals surface area contributed by atoms with Crippen molar-refractivity contribution in [3.05, 3.63) is 0 Å². The number of nitrogens with zero attached hydrogens (tertiary/aromatic N) is 2. The molecule has 20 heavy (non-hydrogen) atoms. The third kappa shape index (κ3) is 2.32. The summed E-state index contributed by atoms with van der Waals surface area (Å²) >= 11 is 0. The fourth-order valence-corrected chi connectivity index (χ4v) is 5.30. The van der Waals surface area contributed by atoms with E-state index >= 15 is 0 Å². The molecule has 2 saturated heterocycles. The van der Waals surface area contributed by atoms with Crippen LogP contribution in [-0.4, -0.2) is 54.1 Å². The van der Waals surface area contributed by atoms with Crippen molar-refractivity contribution in [3.8, 4) is 0 Å². The van der Waals surface area contributed by atoms with Gasteiger partial charge in [0.05, 0.1) is 0 Å². The second-order valence-corrected chi connectivity index (χ2v) is 7.45. The molecule has 0 bridgehead atoms. The first-order chi connectivity index (χ1) is 9.71. The highest BCUT2D eigenvalue weighted by molar-refractivity contribution is 5.10. The lowest BCUT2D eigenvalue weighted by atomic mass is 9.80. The molecule has 2 atom stereocenters. The van der Waals surface area contributed by atoms with Crippen LogP contribution in [0.4, 0.5) is 0 Å². The van der Waals surface area contributed by atoms with E-state index in [0.717, 1.165) is 24.5 Å². The highest BCUT2D eigenvalue weighted by atomic mass is 15.3. The summed E-state index contributed by atoms with van der Waals surface area (Å²) in [5, 5.41) is 0. The van der Waals surface area contributed by atoms with Crippen LogP contribution in [0.5, 0.6) is 0 Å². The molecular formula is C17H33N3. The fourth-order valence-electron chi connectivity index (χ4n) is 5.30. The summed E-state index contributed by atoms with van der Waals surface area (Å²) in [4.78, 5) is 5.44. The molecule has 0 radical (unpaired) electrons. The summed E-state index contributed by atoms with van der Waals surface area (Å²) in [5.74, 6) is 0.986. The van der Waals surface area contributed by atoms with E-state index in [9.17, 15) is 0 Å². The van der Waals surface area contributed by atoms with Crippen LogP contribution >= 0.6 is 0 Å². The van der Waals surface area contributed by atoms with Gasteiger partial charge in [0.15, 0.2) is 0 Å². The van der Waals surface area contributed by atoms with Gasteiger partial charge >= 0.3 is 0 Å². The minimum atomic E-state index is 0.278. The Kier molecular flexibility index (Phi) is 4.40. The van der Waals surface area contributed by atoms with E-state index in [1.165, 1.54) is 64.5 Å². The van der Waals surface area contributed by atoms with Crippen molar-refractivity contribution in [1.29, 1.82) is 0 Å². The molecule has 2 aliphatic heterocycles. The van der Waals surface area contributed by atoms with Crippen molar-refractivity contribution >= 4 is 0 Å². The van der Waals surface area contributed by atoms with Gasteiger partial charge < -0.3 is 5.73 Å². The van der Waals surface area contributed by atoms with E-state index in [-0.39, 0.29) is 5.54 Å².